The maximum Gasteiger partial charge on any atom is 0.309 e. The van der Waals surface area contributed by atoms with Gasteiger partial charge in [-0.05, 0) is 52.4 Å². The Hall–Kier alpha value is -0.610. The summed E-state index contributed by atoms with van der Waals surface area (Å²) in [5.41, 5.74) is 0. The number of esters is 1. The van der Waals surface area contributed by atoms with E-state index in [1.165, 1.54) is 6.42 Å². The van der Waals surface area contributed by atoms with Crippen molar-refractivity contribution in [2.24, 2.45) is 5.92 Å². The molecule has 1 saturated heterocycles. The van der Waals surface area contributed by atoms with Crippen molar-refractivity contribution in [1.82, 2.24) is 0 Å². The van der Waals surface area contributed by atoms with E-state index in [-0.39, 0.29) is 30.4 Å². The fraction of sp³-hybridized carbons (Fsp3) is 0.933. The lowest BCUT2D eigenvalue weighted by molar-refractivity contribution is -0.198. The van der Waals surface area contributed by atoms with E-state index in [2.05, 4.69) is 0 Å². The first-order valence-electron chi connectivity index (χ1n) is 7.62. The number of carbonyl (C=O) groups is 1. The van der Waals surface area contributed by atoms with Crippen molar-refractivity contribution in [3.63, 3.8) is 0 Å². The molecule has 0 bridgehead atoms. The molecule has 0 aromatic rings. The van der Waals surface area contributed by atoms with Gasteiger partial charge in [-0.15, -0.1) is 0 Å². The van der Waals surface area contributed by atoms with Crippen molar-refractivity contribution in [3.05, 3.63) is 0 Å². The van der Waals surface area contributed by atoms with Crippen LogP contribution in [0.15, 0.2) is 0 Å². The Morgan fingerprint density at radius 3 is 2.68 bits per heavy atom. The van der Waals surface area contributed by atoms with Gasteiger partial charge in [-0.3, -0.25) is 4.79 Å². The normalized spacial score (nSPS) is 32.3. The minimum absolute atomic E-state index is 0.00439. The predicted molar refractivity (Wildman–Crippen MR) is 71.7 cm³/mol. The fourth-order valence-corrected chi connectivity index (χ4v) is 2.84. The van der Waals surface area contributed by atoms with Gasteiger partial charge in [0.15, 0.2) is 6.29 Å². The van der Waals surface area contributed by atoms with Gasteiger partial charge in [0, 0.05) is 6.61 Å². The molecule has 1 aliphatic carbocycles. The van der Waals surface area contributed by atoms with Crippen LogP contribution in [0, 0.1) is 5.92 Å². The zero-order valence-corrected chi connectivity index (χ0v) is 12.1. The Labute approximate surface area is 115 Å². The zero-order chi connectivity index (χ0) is 13.7. The Balaban J connectivity index is 1.77. The summed E-state index contributed by atoms with van der Waals surface area (Å²) in [6.07, 6.45) is 7.14. The van der Waals surface area contributed by atoms with Crippen LogP contribution < -0.4 is 0 Å². The average Bonchev–Trinajstić information content (AvgIpc) is 2.39. The van der Waals surface area contributed by atoms with Gasteiger partial charge < -0.3 is 14.2 Å². The maximum absolute atomic E-state index is 11.9. The Morgan fingerprint density at radius 1 is 1.16 bits per heavy atom. The van der Waals surface area contributed by atoms with E-state index in [9.17, 15) is 4.79 Å². The summed E-state index contributed by atoms with van der Waals surface area (Å²) in [6, 6.07) is 0. The minimum Gasteiger partial charge on any atom is -0.463 e. The number of hydrogen-bond acceptors (Lipinski definition) is 4. The highest BCUT2D eigenvalue weighted by atomic mass is 16.7. The van der Waals surface area contributed by atoms with Crippen molar-refractivity contribution in [3.8, 4) is 0 Å². The molecule has 0 aromatic carbocycles. The average molecular weight is 270 g/mol. The molecule has 0 N–H and O–H groups in total. The molecule has 0 spiro atoms. The lowest BCUT2D eigenvalue weighted by Gasteiger charge is -2.32. The highest BCUT2D eigenvalue weighted by Crippen LogP contribution is 2.29. The second-order valence-electron chi connectivity index (χ2n) is 5.90. The van der Waals surface area contributed by atoms with Gasteiger partial charge in [0.25, 0.3) is 0 Å². The first-order chi connectivity index (χ1) is 9.15. The topological polar surface area (TPSA) is 44.8 Å². The third kappa shape index (κ3) is 4.77. The second kappa shape index (κ2) is 7.25. The number of ether oxygens (including phenoxy) is 3. The van der Waals surface area contributed by atoms with Crippen LogP contribution >= 0.6 is 0 Å². The molecule has 3 unspecified atom stereocenters. The van der Waals surface area contributed by atoms with E-state index in [1.54, 1.807) is 0 Å². The minimum atomic E-state index is -0.0622. The van der Waals surface area contributed by atoms with E-state index in [0.717, 1.165) is 45.1 Å². The summed E-state index contributed by atoms with van der Waals surface area (Å²) >= 11 is 0. The lowest BCUT2D eigenvalue weighted by atomic mass is 9.87. The van der Waals surface area contributed by atoms with E-state index in [1.807, 2.05) is 13.8 Å². The van der Waals surface area contributed by atoms with Crippen molar-refractivity contribution in [2.75, 3.05) is 6.61 Å². The molecule has 2 rings (SSSR count). The van der Waals surface area contributed by atoms with Gasteiger partial charge >= 0.3 is 5.97 Å². The largest absolute Gasteiger partial charge is 0.463 e. The fourth-order valence-electron chi connectivity index (χ4n) is 2.84. The van der Waals surface area contributed by atoms with Gasteiger partial charge in [0.2, 0.25) is 0 Å². The van der Waals surface area contributed by atoms with Crippen LogP contribution in [-0.2, 0) is 19.0 Å². The summed E-state index contributed by atoms with van der Waals surface area (Å²) in [5, 5.41) is 0. The standard InChI is InChI=1S/C15H26O4/c1-11(2)18-15(16)12-6-5-7-13(10-12)19-14-8-3-4-9-17-14/h11-14H,3-10H2,1-2H3. The van der Waals surface area contributed by atoms with E-state index < -0.39 is 0 Å². The van der Waals surface area contributed by atoms with Crippen molar-refractivity contribution < 1.29 is 19.0 Å². The number of rotatable bonds is 4. The van der Waals surface area contributed by atoms with E-state index in [0.29, 0.717) is 0 Å². The molecule has 1 aliphatic heterocycles. The summed E-state index contributed by atoms with van der Waals surface area (Å²) < 4.78 is 16.9. The van der Waals surface area contributed by atoms with Crippen LogP contribution in [0.3, 0.4) is 0 Å². The third-order valence-electron chi connectivity index (χ3n) is 3.79. The maximum atomic E-state index is 11.9. The molecule has 1 saturated carbocycles. The quantitative estimate of drug-likeness (QED) is 0.737. The van der Waals surface area contributed by atoms with E-state index >= 15 is 0 Å². The number of carbonyl (C=O) groups excluding carboxylic acids is 1. The van der Waals surface area contributed by atoms with Gasteiger partial charge in [0.1, 0.15) is 0 Å². The molecule has 19 heavy (non-hydrogen) atoms. The molecule has 2 fully saturated rings. The molecule has 1 heterocycles. The molecule has 4 nitrogen and oxygen atoms in total. The van der Waals surface area contributed by atoms with Gasteiger partial charge in [-0.25, -0.2) is 0 Å². The van der Waals surface area contributed by atoms with Gasteiger partial charge in [-0.1, -0.05) is 6.42 Å². The highest BCUT2D eigenvalue weighted by Gasteiger charge is 2.31. The molecular weight excluding hydrogens is 244 g/mol. The van der Waals surface area contributed by atoms with Crippen molar-refractivity contribution >= 4 is 5.97 Å². The summed E-state index contributed by atoms with van der Waals surface area (Å²) in [4.78, 5) is 11.9. The number of hydrogen-bond donors (Lipinski definition) is 0. The van der Waals surface area contributed by atoms with Crippen LogP contribution in [0.5, 0.6) is 0 Å². The first-order valence-corrected chi connectivity index (χ1v) is 7.62. The molecule has 3 atom stereocenters. The molecule has 0 amide bonds. The summed E-state index contributed by atoms with van der Waals surface area (Å²) in [5.74, 6) is -0.0578. The van der Waals surface area contributed by atoms with Crippen LogP contribution in [0.4, 0.5) is 0 Å². The van der Waals surface area contributed by atoms with Crippen LogP contribution in [0.25, 0.3) is 0 Å². The molecule has 110 valence electrons. The third-order valence-corrected chi connectivity index (χ3v) is 3.79. The molecule has 0 radical (unpaired) electrons. The monoisotopic (exact) mass is 270 g/mol. The summed E-state index contributed by atoms with van der Waals surface area (Å²) in [7, 11) is 0. The van der Waals surface area contributed by atoms with Crippen LogP contribution in [-0.4, -0.2) is 31.1 Å². The predicted octanol–water partition coefficient (Wildman–Crippen LogP) is 3.04. The lowest BCUT2D eigenvalue weighted by Crippen LogP contribution is -2.34. The Bertz CT molecular complexity index is 284. The van der Waals surface area contributed by atoms with Crippen molar-refractivity contribution in [2.45, 2.75) is 77.3 Å². The molecular formula is C15H26O4. The van der Waals surface area contributed by atoms with Crippen molar-refractivity contribution in [1.29, 1.82) is 0 Å². The van der Waals surface area contributed by atoms with Crippen LogP contribution in [0.2, 0.25) is 0 Å². The van der Waals surface area contributed by atoms with E-state index in [4.69, 9.17) is 14.2 Å². The SMILES string of the molecule is CC(C)OC(=O)C1CCCC(OC2CCCCO2)C1. The smallest absolute Gasteiger partial charge is 0.309 e. The van der Waals surface area contributed by atoms with Gasteiger partial charge in [-0.2, -0.15) is 0 Å². The zero-order valence-electron chi connectivity index (χ0n) is 12.1. The summed E-state index contributed by atoms with van der Waals surface area (Å²) in [6.45, 7) is 4.59. The Morgan fingerprint density at radius 2 is 2.00 bits per heavy atom. The highest BCUT2D eigenvalue weighted by molar-refractivity contribution is 5.72. The van der Waals surface area contributed by atoms with Crippen LogP contribution in [0.1, 0.15) is 58.8 Å². The molecule has 0 aromatic heterocycles. The molecule has 4 heteroatoms. The first kappa shape index (κ1) is 14.8. The Kier molecular flexibility index (Phi) is 5.64. The second-order valence-corrected chi connectivity index (χ2v) is 5.90. The van der Waals surface area contributed by atoms with Gasteiger partial charge in [0.05, 0.1) is 18.1 Å². The molecule has 2 aliphatic rings.